The first-order valence-electron chi connectivity index (χ1n) is 7.87. The Morgan fingerprint density at radius 3 is 1.61 bits per heavy atom. The van der Waals surface area contributed by atoms with Gasteiger partial charge < -0.3 is 5.11 Å². The Kier molecular flexibility index (Phi) is 5.59. The second-order valence-corrected chi connectivity index (χ2v) is 6.53. The molecule has 0 aromatic heterocycles. The third-order valence-corrected chi connectivity index (χ3v) is 3.59. The highest BCUT2D eigenvalue weighted by molar-refractivity contribution is 5.64. The molecule has 0 fully saturated rings. The van der Waals surface area contributed by atoms with E-state index in [9.17, 15) is 0 Å². The largest absolute Gasteiger partial charge is 0.508 e. The van der Waals surface area contributed by atoms with Crippen molar-refractivity contribution in [3.05, 3.63) is 90.5 Å². The van der Waals surface area contributed by atoms with Gasteiger partial charge in [-0.25, -0.2) is 0 Å². The highest BCUT2D eigenvalue weighted by Gasteiger charge is 2.13. The maximum absolute atomic E-state index is 8.63. The molecule has 0 radical (unpaired) electrons. The zero-order valence-corrected chi connectivity index (χ0v) is 14.0. The SMILES string of the molecule is CC(C)(C)c1cccc(-c2ccccc2)c1.Oc1ccccc1. The second-order valence-electron chi connectivity index (χ2n) is 6.53. The highest BCUT2D eigenvalue weighted by Crippen LogP contribution is 2.27. The number of phenolic OH excluding ortho intramolecular Hbond substituents is 1. The average Bonchev–Trinajstić information content (AvgIpc) is 2.56. The van der Waals surface area contributed by atoms with E-state index in [2.05, 4.69) is 75.4 Å². The van der Waals surface area contributed by atoms with Crippen LogP contribution in [0.4, 0.5) is 0 Å². The van der Waals surface area contributed by atoms with Gasteiger partial charge in [-0.1, -0.05) is 93.6 Å². The molecule has 0 amide bonds. The Bertz CT molecular complexity index is 710. The fourth-order valence-electron chi connectivity index (χ4n) is 2.22. The van der Waals surface area contributed by atoms with Gasteiger partial charge >= 0.3 is 0 Å². The van der Waals surface area contributed by atoms with Crippen LogP contribution in [0, 0.1) is 0 Å². The normalized spacial score (nSPS) is 10.6. The van der Waals surface area contributed by atoms with Crippen LogP contribution in [0.2, 0.25) is 0 Å². The molecule has 1 heteroatoms. The fourth-order valence-corrected chi connectivity index (χ4v) is 2.22. The minimum atomic E-state index is 0.213. The molecule has 0 aliphatic rings. The molecule has 1 nitrogen and oxygen atoms in total. The molecule has 0 atom stereocenters. The maximum Gasteiger partial charge on any atom is 0.115 e. The van der Waals surface area contributed by atoms with E-state index in [-0.39, 0.29) is 5.41 Å². The van der Waals surface area contributed by atoms with Gasteiger partial charge in [0.25, 0.3) is 0 Å². The topological polar surface area (TPSA) is 20.2 Å². The first-order valence-corrected chi connectivity index (χ1v) is 7.87. The molecule has 3 aromatic rings. The summed E-state index contributed by atoms with van der Waals surface area (Å²) in [6.45, 7) is 6.74. The minimum absolute atomic E-state index is 0.213. The van der Waals surface area contributed by atoms with E-state index < -0.39 is 0 Å². The molecule has 0 heterocycles. The minimum Gasteiger partial charge on any atom is -0.508 e. The molecular weight excluding hydrogens is 280 g/mol. The van der Waals surface area contributed by atoms with Crippen molar-refractivity contribution in [2.75, 3.05) is 0 Å². The van der Waals surface area contributed by atoms with Crippen molar-refractivity contribution in [2.45, 2.75) is 26.2 Å². The summed E-state index contributed by atoms with van der Waals surface area (Å²) in [5.74, 6) is 0.322. The van der Waals surface area contributed by atoms with E-state index in [1.165, 1.54) is 16.7 Å². The Balaban J connectivity index is 0.000000229. The molecule has 0 aliphatic heterocycles. The van der Waals surface area contributed by atoms with Gasteiger partial charge in [-0.2, -0.15) is 0 Å². The number of hydrogen-bond acceptors (Lipinski definition) is 1. The number of para-hydroxylation sites is 1. The summed E-state index contributed by atoms with van der Waals surface area (Å²) in [4.78, 5) is 0. The van der Waals surface area contributed by atoms with Crippen molar-refractivity contribution in [2.24, 2.45) is 0 Å². The lowest BCUT2D eigenvalue weighted by Crippen LogP contribution is -2.10. The van der Waals surface area contributed by atoms with Gasteiger partial charge in [-0.15, -0.1) is 0 Å². The van der Waals surface area contributed by atoms with Crippen molar-refractivity contribution < 1.29 is 5.11 Å². The van der Waals surface area contributed by atoms with Gasteiger partial charge in [0.1, 0.15) is 5.75 Å². The number of benzene rings is 3. The molecule has 118 valence electrons. The first kappa shape index (κ1) is 16.8. The lowest BCUT2D eigenvalue weighted by molar-refractivity contribution is 0.475. The van der Waals surface area contributed by atoms with Crippen LogP contribution in [-0.4, -0.2) is 5.11 Å². The predicted octanol–water partition coefficient (Wildman–Crippen LogP) is 6.04. The second kappa shape index (κ2) is 7.64. The van der Waals surface area contributed by atoms with E-state index in [1.807, 2.05) is 6.07 Å². The van der Waals surface area contributed by atoms with Crippen LogP contribution >= 0.6 is 0 Å². The van der Waals surface area contributed by atoms with Crippen molar-refractivity contribution >= 4 is 0 Å². The lowest BCUT2D eigenvalue weighted by Gasteiger charge is -2.19. The van der Waals surface area contributed by atoms with Gasteiger partial charge in [0.05, 0.1) is 0 Å². The van der Waals surface area contributed by atoms with E-state index in [0.29, 0.717) is 5.75 Å². The monoisotopic (exact) mass is 304 g/mol. The predicted molar refractivity (Wildman–Crippen MR) is 98.7 cm³/mol. The van der Waals surface area contributed by atoms with Crippen LogP contribution in [0.3, 0.4) is 0 Å². The Hall–Kier alpha value is -2.54. The van der Waals surface area contributed by atoms with Gasteiger partial charge in [0, 0.05) is 0 Å². The van der Waals surface area contributed by atoms with Crippen LogP contribution in [0.5, 0.6) is 5.75 Å². The van der Waals surface area contributed by atoms with Crippen molar-refractivity contribution in [1.82, 2.24) is 0 Å². The molecule has 0 saturated heterocycles. The lowest BCUT2D eigenvalue weighted by atomic mass is 9.85. The summed E-state index contributed by atoms with van der Waals surface area (Å²) in [5.41, 5.74) is 4.18. The van der Waals surface area contributed by atoms with E-state index in [0.717, 1.165) is 0 Å². The molecular formula is C22H24O. The summed E-state index contributed by atoms with van der Waals surface area (Å²) in [5, 5.41) is 8.63. The molecule has 0 unspecified atom stereocenters. The Morgan fingerprint density at radius 1 is 0.609 bits per heavy atom. The molecule has 1 N–H and O–H groups in total. The highest BCUT2D eigenvalue weighted by atomic mass is 16.3. The summed E-state index contributed by atoms with van der Waals surface area (Å²) in [6.07, 6.45) is 0. The Morgan fingerprint density at radius 2 is 1.13 bits per heavy atom. The molecule has 0 spiro atoms. The average molecular weight is 304 g/mol. The van der Waals surface area contributed by atoms with Crippen molar-refractivity contribution in [3.8, 4) is 16.9 Å². The van der Waals surface area contributed by atoms with Gasteiger partial charge in [0.15, 0.2) is 0 Å². The van der Waals surface area contributed by atoms with Crippen molar-refractivity contribution in [3.63, 3.8) is 0 Å². The van der Waals surface area contributed by atoms with Crippen LogP contribution in [0.1, 0.15) is 26.3 Å². The molecule has 0 saturated carbocycles. The van der Waals surface area contributed by atoms with E-state index in [1.54, 1.807) is 24.3 Å². The summed E-state index contributed by atoms with van der Waals surface area (Å²) >= 11 is 0. The van der Waals surface area contributed by atoms with E-state index in [4.69, 9.17) is 5.11 Å². The van der Waals surface area contributed by atoms with Gasteiger partial charge in [-0.05, 0) is 34.2 Å². The van der Waals surface area contributed by atoms with Crippen LogP contribution in [0.25, 0.3) is 11.1 Å². The smallest absolute Gasteiger partial charge is 0.115 e. The third kappa shape index (κ3) is 5.30. The standard InChI is InChI=1S/C16H18.C6H6O/c1-16(2,3)15-11-7-10-14(12-15)13-8-5-4-6-9-13;7-6-4-2-1-3-5-6/h4-12H,1-3H3;1-5,7H. The third-order valence-electron chi connectivity index (χ3n) is 3.59. The zero-order valence-electron chi connectivity index (χ0n) is 14.0. The van der Waals surface area contributed by atoms with Crippen molar-refractivity contribution in [1.29, 1.82) is 0 Å². The van der Waals surface area contributed by atoms with Crippen LogP contribution in [0.15, 0.2) is 84.9 Å². The molecule has 0 aliphatic carbocycles. The molecule has 0 bridgehead atoms. The molecule has 3 rings (SSSR count). The number of hydrogen-bond donors (Lipinski definition) is 1. The summed E-state index contributed by atoms with van der Waals surface area (Å²) < 4.78 is 0. The number of phenols is 1. The number of aromatic hydroxyl groups is 1. The van der Waals surface area contributed by atoms with Crippen LogP contribution in [-0.2, 0) is 5.41 Å². The quantitative estimate of drug-likeness (QED) is 0.581. The number of rotatable bonds is 1. The zero-order chi connectivity index (χ0) is 16.7. The molecule has 23 heavy (non-hydrogen) atoms. The maximum atomic E-state index is 8.63. The van der Waals surface area contributed by atoms with E-state index >= 15 is 0 Å². The first-order chi connectivity index (χ1) is 11.0. The van der Waals surface area contributed by atoms with Gasteiger partial charge in [-0.3, -0.25) is 0 Å². The Labute approximate surface area is 139 Å². The summed E-state index contributed by atoms with van der Waals surface area (Å²) in [6, 6.07) is 28.0. The van der Waals surface area contributed by atoms with Crippen LogP contribution < -0.4 is 0 Å². The fraction of sp³-hybridized carbons (Fsp3) is 0.182. The molecule has 3 aromatic carbocycles. The van der Waals surface area contributed by atoms with Gasteiger partial charge in [0.2, 0.25) is 0 Å². The summed E-state index contributed by atoms with van der Waals surface area (Å²) in [7, 11) is 0.